The summed E-state index contributed by atoms with van der Waals surface area (Å²) in [6.45, 7) is 0. The van der Waals surface area contributed by atoms with E-state index in [1.807, 2.05) is 6.07 Å². The van der Waals surface area contributed by atoms with Crippen molar-refractivity contribution < 1.29 is 51.5 Å². The monoisotopic (exact) mass is 463 g/mol. The summed E-state index contributed by atoms with van der Waals surface area (Å²) >= 11 is 0. The third-order valence-corrected chi connectivity index (χ3v) is 5.72. The Balaban J connectivity index is 0.00000289. The van der Waals surface area contributed by atoms with Gasteiger partial charge in [0, 0.05) is 18.5 Å². The Hall–Kier alpha value is -3.04. The second-order valence-electron chi connectivity index (χ2n) is 6.31. The van der Waals surface area contributed by atoms with Crippen LogP contribution >= 0.6 is 0 Å². The molecule has 4 aromatic rings. The van der Waals surface area contributed by atoms with Crippen LogP contribution in [-0.2, 0) is 10.0 Å². The Morgan fingerprint density at radius 2 is 1.91 bits per heavy atom. The predicted octanol–water partition coefficient (Wildman–Crippen LogP) is 0.953. The van der Waals surface area contributed by atoms with Gasteiger partial charge in [0.05, 0.1) is 29.3 Å². The molecule has 8 nitrogen and oxygen atoms in total. The van der Waals surface area contributed by atoms with Crippen molar-refractivity contribution >= 4 is 21.2 Å². The van der Waals surface area contributed by atoms with Gasteiger partial charge in [0.15, 0.2) is 5.88 Å². The van der Waals surface area contributed by atoms with Gasteiger partial charge in [0.1, 0.15) is 27.7 Å². The van der Waals surface area contributed by atoms with Crippen molar-refractivity contribution in [1.82, 2.24) is 14.6 Å². The van der Waals surface area contributed by atoms with E-state index < -0.39 is 26.6 Å². The number of fused-ring (bicyclic) bond motifs is 1. The topological polar surface area (TPSA) is 111 Å². The molecule has 3 aromatic heterocycles. The molecule has 12 heteroatoms. The predicted molar refractivity (Wildman–Crippen MR) is 106 cm³/mol. The van der Waals surface area contributed by atoms with Gasteiger partial charge in [-0.25, -0.2) is 26.7 Å². The van der Waals surface area contributed by atoms with E-state index in [1.54, 1.807) is 18.3 Å². The number of halogens is 2. The first-order valence-electron chi connectivity index (χ1n) is 8.67. The van der Waals surface area contributed by atoms with Crippen LogP contribution in [-0.4, -0.2) is 30.1 Å². The van der Waals surface area contributed by atoms with Crippen LogP contribution in [0.1, 0.15) is 5.56 Å². The molecule has 0 amide bonds. The number of nitrogens with zero attached hydrogens (tertiary/aromatic N) is 5. The number of benzene rings is 1. The number of pyridine rings is 2. The maximum Gasteiger partial charge on any atom is 1.00 e. The molecule has 156 valence electrons. The average molecular weight is 463 g/mol. The molecule has 0 bridgehead atoms. The van der Waals surface area contributed by atoms with Crippen molar-refractivity contribution in [2.75, 3.05) is 7.11 Å². The van der Waals surface area contributed by atoms with Gasteiger partial charge in [-0.3, -0.25) is 0 Å². The summed E-state index contributed by atoms with van der Waals surface area (Å²) in [6, 6.07) is 8.90. The van der Waals surface area contributed by atoms with Gasteiger partial charge in [0.2, 0.25) is 0 Å². The molecular weight excluding hydrogens is 451 g/mol. The second-order valence-corrected chi connectivity index (χ2v) is 7.88. The molecule has 0 atom stereocenters. The fourth-order valence-corrected chi connectivity index (χ4v) is 3.96. The van der Waals surface area contributed by atoms with Gasteiger partial charge in [-0.2, -0.15) is 10.4 Å². The molecule has 0 aliphatic rings. The van der Waals surface area contributed by atoms with Crippen LogP contribution in [0.2, 0.25) is 0 Å². The number of hydrogen-bond donors (Lipinski definition) is 0. The number of aromatic nitrogens is 3. The van der Waals surface area contributed by atoms with Crippen LogP contribution in [0.25, 0.3) is 21.4 Å². The maximum absolute atomic E-state index is 14.0. The Morgan fingerprint density at radius 3 is 2.59 bits per heavy atom. The maximum atomic E-state index is 14.0. The van der Waals surface area contributed by atoms with E-state index in [1.165, 1.54) is 30.1 Å². The third kappa shape index (κ3) is 4.44. The molecular formula is C20H12F2N5NaO3S. The third-order valence-electron chi connectivity index (χ3n) is 4.39. The molecule has 0 spiro atoms. The van der Waals surface area contributed by atoms with Crippen LogP contribution < -0.4 is 34.3 Å². The molecule has 0 aliphatic carbocycles. The first kappa shape index (κ1) is 23.6. The average Bonchev–Trinajstić information content (AvgIpc) is 3.15. The largest absolute Gasteiger partial charge is 1.00 e. The minimum absolute atomic E-state index is 0. The van der Waals surface area contributed by atoms with E-state index in [0.717, 1.165) is 12.1 Å². The Kier molecular flexibility index (Phi) is 6.80. The molecule has 0 unspecified atom stereocenters. The quantitative estimate of drug-likeness (QED) is 0.408. The van der Waals surface area contributed by atoms with Crippen molar-refractivity contribution in [3.8, 4) is 23.1 Å². The smallest absolute Gasteiger partial charge is 0.568 e. The molecule has 0 radical (unpaired) electrons. The first-order valence-corrected chi connectivity index (χ1v) is 10.1. The van der Waals surface area contributed by atoms with Crippen LogP contribution in [0.4, 0.5) is 14.5 Å². The summed E-state index contributed by atoms with van der Waals surface area (Å²) in [5.41, 5.74) is 1.83. The summed E-state index contributed by atoms with van der Waals surface area (Å²) in [5.74, 6) is -2.27. The van der Waals surface area contributed by atoms with Gasteiger partial charge >= 0.3 is 29.6 Å². The molecule has 0 saturated heterocycles. The Bertz CT molecular complexity index is 1470. The van der Waals surface area contributed by atoms with Crippen LogP contribution in [0.5, 0.6) is 5.88 Å². The number of sulfonamides is 1. The van der Waals surface area contributed by atoms with E-state index in [0.29, 0.717) is 28.3 Å². The van der Waals surface area contributed by atoms with E-state index in [-0.39, 0.29) is 41.1 Å². The summed E-state index contributed by atoms with van der Waals surface area (Å²) in [6.07, 6.45) is 4.50. The van der Waals surface area contributed by atoms with Crippen molar-refractivity contribution in [1.29, 1.82) is 5.26 Å². The summed E-state index contributed by atoms with van der Waals surface area (Å²) in [5, 5.41) is 13.3. The minimum atomic E-state index is -4.52. The summed E-state index contributed by atoms with van der Waals surface area (Å²) < 4.78 is 62.6. The minimum Gasteiger partial charge on any atom is -0.568 e. The van der Waals surface area contributed by atoms with Crippen LogP contribution in [0.3, 0.4) is 0 Å². The fraction of sp³-hybridized carbons (Fsp3) is 0.0500. The van der Waals surface area contributed by atoms with Crippen molar-refractivity contribution in [2.45, 2.75) is 4.90 Å². The second kappa shape index (κ2) is 9.22. The van der Waals surface area contributed by atoms with Crippen LogP contribution in [0, 0.1) is 23.0 Å². The molecule has 0 aliphatic heterocycles. The Labute approximate surface area is 203 Å². The number of ether oxygens (including phenoxy) is 1. The zero-order valence-electron chi connectivity index (χ0n) is 16.8. The molecule has 0 N–H and O–H groups in total. The number of nitriles is 1. The van der Waals surface area contributed by atoms with Gasteiger partial charge in [0.25, 0.3) is 0 Å². The molecule has 1 aromatic carbocycles. The number of rotatable bonds is 5. The molecule has 3 heterocycles. The molecule has 4 rings (SSSR count). The zero-order valence-corrected chi connectivity index (χ0v) is 19.6. The Morgan fingerprint density at radius 1 is 1.12 bits per heavy atom. The first-order chi connectivity index (χ1) is 14.8. The normalized spacial score (nSPS) is 10.9. The molecule has 0 saturated carbocycles. The zero-order chi connectivity index (χ0) is 22.2. The van der Waals surface area contributed by atoms with Gasteiger partial charge in [-0.05, 0) is 35.4 Å². The van der Waals surface area contributed by atoms with Crippen molar-refractivity contribution in [3.05, 3.63) is 76.9 Å². The number of methoxy groups -OCH3 is 1. The van der Waals surface area contributed by atoms with E-state index in [9.17, 15) is 22.5 Å². The van der Waals surface area contributed by atoms with Gasteiger partial charge in [-0.15, -0.1) is 0 Å². The van der Waals surface area contributed by atoms with Crippen LogP contribution in [0.15, 0.2) is 59.9 Å². The van der Waals surface area contributed by atoms with E-state index in [2.05, 4.69) is 14.8 Å². The van der Waals surface area contributed by atoms with Crippen molar-refractivity contribution in [2.24, 2.45) is 0 Å². The van der Waals surface area contributed by atoms with E-state index >= 15 is 0 Å². The molecule has 0 fully saturated rings. The SMILES string of the molecule is COc1ncc(-c2ccn3ncc(C#N)c3c2)cc1[N-]S(=O)(=O)c1ccc(F)cc1F.[Na+]. The molecule has 32 heavy (non-hydrogen) atoms. The standard InChI is InChI=1S/C20H12F2N5O3S.Na/c1-30-20-17(26-31(28,29)19-3-2-15(21)8-16(19)22)6-13(10-24-20)12-4-5-27-18(7-12)14(9-23)11-25-27;/h2-8,10-11H,1H3;/q-1;+1. The number of hydrogen-bond acceptors (Lipinski definition) is 6. The summed E-state index contributed by atoms with van der Waals surface area (Å²) in [7, 11) is -3.24. The van der Waals surface area contributed by atoms with Gasteiger partial charge in [-0.1, -0.05) is 11.8 Å². The van der Waals surface area contributed by atoms with E-state index in [4.69, 9.17) is 4.74 Å². The fourth-order valence-electron chi connectivity index (χ4n) is 2.93. The summed E-state index contributed by atoms with van der Waals surface area (Å²) in [4.78, 5) is 3.30. The van der Waals surface area contributed by atoms with Gasteiger partial charge < -0.3 is 9.46 Å². The van der Waals surface area contributed by atoms with Crippen molar-refractivity contribution in [3.63, 3.8) is 0 Å².